The summed E-state index contributed by atoms with van der Waals surface area (Å²) >= 11 is 0. The average Bonchev–Trinajstić information content (AvgIpc) is 2.69. The number of benzene rings is 1. The fraction of sp³-hybridized carbons (Fsp3) is 0.565. The third-order valence-electron chi connectivity index (χ3n) is 5.35. The molecule has 2 atom stereocenters. The molecule has 1 fully saturated rings. The van der Waals surface area contributed by atoms with Gasteiger partial charge in [0.25, 0.3) is 0 Å². The molecule has 2 rings (SSSR count). The molecular formula is C23H32N2O4. The Hall–Kier alpha value is -2.34. The number of hydrogen-bond acceptors (Lipinski definition) is 5. The van der Waals surface area contributed by atoms with Crippen molar-refractivity contribution in [2.75, 3.05) is 13.1 Å². The molecule has 0 aliphatic carbocycles. The average molecular weight is 401 g/mol. The summed E-state index contributed by atoms with van der Waals surface area (Å²) in [6.45, 7) is 1.73. The van der Waals surface area contributed by atoms with Gasteiger partial charge in [0.05, 0.1) is 19.1 Å². The Morgan fingerprint density at radius 2 is 1.90 bits per heavy atom. The van der Waals surface area contributed by atoms with Crippen LogP contribution in [-0.4, -0.2) is 42.4 Å². The lowest BCUT2D eigenvalue weighted by atomic mass is 9.88. The molecule has 0 saturated carbocycles. The highest BCUT2D eigenvalue weighted by molar-refractivity contribution is 5.93. The summed E-state index contributed by atoms with van der Waals surface area (Å²) in [7, 11) is 0. The first kappa shape index (κ1) is 22.9. The lowest BCUT2D eigenvalue weighted by molar-refractivity contribution is -0.130. The molecule has 158 valence electrons. The normalized spacial score (nSPS) is 19.4. The van der Waals surface area contributed by atoms with Crippen LogP contribution < -0.4 is 10.6 Å². The number of aryl methyl sites for hydroxylation is 1. The molecule has 1 amide bonds. The summed E-state index contributed by atoms with van der Waals surface area (Å²) in [5.41, 5.74) is 1.20. The minimum Gasteiger partial charge on any atom is -0.347 e. The molecule has 6 nitrogen and oxygen atoms in total. The molecule has 0 radical (unpaired) electrons. The van der Waals surface area contributed by atoms with E-state index in [0.717, 1.165) is 25.7 Å². The minimum absolute atomic E-state index is 0.0288. The molecule has 2 N–H and O–H groups in total. The SMILES string of the molecule is CC(=O)N[C@@H](CCCc1ccccc1)C(=O)C[C@H]1CCCCC(=O)CNCC1=O. The second kappa shape index (κ2) is 12.3. The molecule has 0 bridgehead atoms. The van der Waals surface area contributed by atoms with Crippen LogP contribution in [-0.2, 0) is 25.6 Å². The van der Waals surface area contributed by atoms with E-state index in [-0.39, 0.29) is 48.7 Å². The smallest absolute Gasteiger partial charge is 0.217 e. The van der Waals surface area contributed by atoms with Gasteiger partial charge in [0.1, 0.15) is 11.6 Å². The Morgan fingerprint density at radius 3 is 2.62 bits per heavy atom. The monoisotopic (exact) mass is 400 g/mol. The van der Waals surface area contributed by atoms with Crippen molar-refractivity contribution in [3.05, 3.63) is 35.9 Å². The summed E-state index contributed by atoms with van der Waals surface area (Å²) in [4.78, 5) is 48.6. The summed E-state index contributed by atoms with van der Waals surface area (Å²) in [5, 5.41) is 5.66. The lowest BCUT2D eigenvalue weighted by Gasteiger charge is -2.21. The number of rotatable bonds is 8. The van der Waals surface area contributed by atoms with Gasteiger partial charge in [0.2, 0.25) is 5.91 Å². The van der Waals surface area contributed by atoms with E-state index >= 15 is 0 Å². The van der Waals surface area contributed by atoms with Gasteiger partial charge in [0.15, 0.2) is 5.78 Å². The van der Waals surface area contributed by atoms with Gasteiger partial charge in [-0.1, -0.05) is 36.8 Å². The van der Waals surface area contributed by atoms with E-state index in [0.29, 0.717) is 19.3 Å². The number of ketones is 3. The highest BCUT2D eigenvalue weighted by atomic mass is 16.2. The van der Waals surface area contributed by atoms with Crippen LogP contribution in [0.15, 0.2) is 30.3 Å². The van der Waals surface area contributed by atoms with E-state index < -0.39 is 6.04 Å². The van der Waals surface area contributed by atoms with E-state index in [1.54, 1.807) is 0 Å². The zero-order chi connectivity index (χ0) is 21.1. The third-order valence-corrected chi connectivity index (χ3v) is 5.35. The number of nitrogens with one attached hydrogen (secondary N) is 2. The summed E-state index contributed by atoms with van der Waals surface area (Å²) in [5.74, 6) is -0.579. The summed E-state index contributed by atoms with van der Waals surface area (Å²) in [6.07, 6.45) is 4.93. The Balaban J connectivity index is 1.92. The molecule has 1 aliphatic heterocycles. The first-order valence-corrected chi connectivity index (χ1v) is 10.5. The molecule has 6 heteroatoms. The quantitative estimate of drug-likeness (QED) is 0.699. The number of hydrogen-bond donors (Lipinski definition) is 2. The molecule has 1 aromatic carbocycles. The van der Waals surface area contributed by atoms with E-state index in [9.17, 15) is 19.2 Å². The second-order valence-corrected chi connectivity index (χ2v) is 7.85. The topological polar surface area (TPSA) is 92.3 Å². The maximum absolute atomic E-state index is 12.9. The first-order valence-electron chi connectivity index (χ1n) is 10.5. The maximum Gasteiger partial charge on any atom is 0.217 e. The van der Waals surface area contributed by atoms with Crippen molar-refractivity contribution in [2.45, 2.75) is 64.3 Å². The molecule has 1 aliphatic rings. The Labute approximate surface area is 172 Å². The van der Waals surface area contributed by atoms with Crippen LogP contribution >= 0.6 is 0 Å². The van der Waals surface area contributed by atoms with Crippen LogP contribution in [0.5, 0.6) is 0 Å². The molecule has 1 heterocycles. The zero-order valence-electron chi connectivity index (χ0n) is 17.2. The van der Waals surface area contributed by atoms with E-state index in [1.807, 2.05) is 30.3 Å². The van der Waals surface area contributed by atoms with Gasteiger partial charge in [-0.05, 0) is 37.7 Å². The molecule has 29 heavy (non-hydrogen) atoms. The van der Waals surface area contributed by atoms with Gasteiger partial charge >= 0.3 is 0 Å². The van der Waals surface area contributed by atoms with Crippen molar-refractivity contribution < 1.29 is 19.2 Å². The van der Waals surface area contributed by atoms with Gasteiger partial charge in [-0.15, -0.1) is 0 Å². The molecule has 0 unspecified atom stereocenters. The van der Waals surface area contributed by atoms with E-state index in [2.05, 4.69) is 10.6 Å². The molecule has 1 saturated heterocycles. The highest BCUT2D eigenvalue weighted by Gasteiger charge is 2.27. The standard InChI is InChI=1S/C23H32N2O4/c1-17(26)25-21(13-7-10-18-8-3-2-4-9-18)22(28)14-19-11-5-6-12-20(27)15-24-16-23(19)29/h2-4,8-9,19,21,24H,5-7,10-16H2,1H3,(H,25,26)/t19-,21+/m1/s1. The molecule has 1 aromatic rings. The predicted molar refractivity (Wildman–Crippen MR) is 111 cm³/mol. The Bertz CT molecular complexity index is 702. The van der Waals surface area contributed by atoms with Crippen molar-refractivity contribution in [1.29, 1.82) is 0 Å². The Kier molecular flexibility index (Phi) is 9.71. The van der Waals surface area contributed by atoms with Crippen LogP contribution in [0.3, 0.4) is 0 Å². The van der Waals surface area contributed by atoms with Crippen LogP contribution in [0.4, 0.5) is 0 Å². The summed E-state index contributed by atoms with van der Waals surface area (Å²) in [6, 6.07) is 9.47. The third kappa shape index (κ3) is 8.69. The van der Waals surface area contributed by atoms with Crippen LogP contribution in [0.2, 0.25) is 0 Å². The van der Waals surface area contributed by atoms with Crippen LogP contribution in [0, 0.1) is 5.92 Å². The second-order valence-electron chi connectivity index (χ2n) is 7.85. The Morgan fingerprint density at radius 1 is 1.14 bits per heavy atom. The van der Waals surface area contributed by atoms with Crippen LogP contribution in [0.25, 0.3) is 0 Å². The predicted octanol–water partition coefficient (Wildman–Crippen LogP) is 2.39. The fourth-order valence-corrected chi connectivity index (χ4v) is 3.75. The van der Waals surface area contributed by atoms with Gasteiger partial charge in [0, 0.05) is 25.7 Å². The molecule has 0 spiro atoms. The first-order chi connectivity index (χ1) is 14.0. The van der Waals surface area contributed by atoms with Gasteiger partial charge in [-0.2, -0.15) is 0 Å². The van der Waals surface area contributed by atoms with Gasteiger partial charge < -0.3 is 10.6 Å². The number of carbonyl (C=O) groups is 4. The van der Waals surface area contributed by atoms with Crippen LogP contribution in [0.1, 0.15) is 57.4 Å². The largest absolute Gasteiger partial charge is 0.347 e. The number of Topliss-reactive ketones (excluding diaryl/α,β-unsaturated/α-hetero) is 3. The van der Waals surface area contributed by atoms with E-state index in [4.69, 9.17) is 0 Å². The highest BCUT2D eigenvalue weighted by Crippen LogP contribution is 2.19. The lowest BCUT2D eigenvalue weighted by Crippen LogP contribution is -2.42. The number of carbonyl (C=O) groups excluding carboxylic acids is 4. The maximum atomic E-state index is 12.9. The van der Waals surface area contributed by atoms with E-state index in [1.165, 1.54) is 12.5 Å². The minimum atomic E-state index is -0.561. The van der Waals surface area contributed by atoms with Gasteiger partial charge in [-0.25, -0.2) is 0 Å². The number of amides is 1. The van der Waals surface area contributed by atoms with Crippen molar-refractivity contribution in [3.8, 4) is 0 Å². The van der Waals surface area contributed by atoms with Crippen molar-refractivity contribution >= 4 is 23.3 Å². The van der Waals surface area contributed by atoms with Gasteiger partial charge in [-0.3, -0.25) is 19.2 Å². The summed E-state index contributed by atoms with van der Waals surface area (Å²) < 4.78 is 0. The molecular weight excluding hydrogens is 368 g/mol. The van der Waals surface area contributed by atoms with Crippen molar-refractivity contribution in [1.82, 2.24) is 10.6 Å². The van der Waals surface area contributed by atoms with Crippen molar-refractivity contribution in [2.24, 2.45) is 5.92 Å². The zero-order valence-corrected chi connectivity index (χ0v) is 17.2. The van der Waals surface area contributed by atoms with Crippen molar-refractivity contribution in [3.63, 3.8) is 0 Å². The molecule has 0 aromatic heterocycles. The fourth-order valence-electron chi connectivity index (χ4n) is 3.75.